The first-order valence-corrected chi connectivity index (χ1v) is 9.57. The number of sulfonamides is 1. The summed E-state index contributed by atoms with van der Waals surface area (Å²) in [6.45, 7) is 0. The van der Waals surface area contributed by atoms with E-state index in [0.717, 1.165) is 0 Å². The van der Waals surface area contributed by atoms with Crippen molar-refractivity contribution in [3.8, 4) is 0 Å². The average molecular weight is 434 g/mol. The Morgan fingerprint density at radius 1 is 0.826 bits per heavy atom. The molecule has 0 amide bonds. The summed E-state index contributed by atoms with van der Waals surface area (Å²) in [5.74, 6) is 0. The number of alkyl halides is 3. The van der Waals surface area contributed by atoms with E-state index in [0.29, 0.717) is 15.6 Å². The maximum absolute atomic E-state index is 12.5. The average Bonchev–Trinajstić information content (AvgIpc) is 2.45. The lowest BCUT2D eigenvalue weighted by Gasteiger charge is -2.26. The molecule has 0 heterocycles. The minimum atomic E-state index is -3.91. The molecule has 124 valence electrons. The second-order valence-corrected chi connectivity index (χ2v) is 9.56. The van der Waals surface area contributed by atoms with Crippen molar-refractivity contribution in [1.29, 1.82) is 0 Å². The van der Waals surface area contributed by atoms with Gasteiger partial charge < -0.3 is 0 Å². The minimum Gasteiger partial charge on any atom is -0.207 e. The molecule has 3 nitrogen and oxygen atoms in total. The summed E-state index contributed by atoms with van der Waals surface area (Å²) in [6.07, 6.45) is 0. The highest BCUT2D eigenvalue weighted by Gasteiger charge is 2.37. The third kappa shape index (κ3) is 5.13. The van der Waals surface area contributed by atoms with Crippen molar-refractivity contribution >= 4 is 68.0 Å². The van der Waals surface area contributed by atoms with E-state index in [-0.39, 0.29) is 4.90 Å². The van der Waals surface area contributed by atoms with Crippen molar-refractivity contribution in [2.45, 2.75) is 14.7 Å². The van der Waals surface area contributed by atoms with Crippen molar-refractivity contribution in [1.82, 2.24) is 4.72 Å². The van der Waals surface area contributed by atoms with Crippen LogP contribution in [-0.4, -0.2) is 12.2 Å². The normalized spacial score (nSPS) is 13.8. The maximum Gasteiger partial charge on any atom is 0.241 e. The van der Waals surface area contributed by atoms with E-state index in [9.17, 15) is 8.42 Å². The van der Waals surface area contributed by atoms with Crippen LogP contribution in [0.4, 0.5) is 0 Å². The van der Waals surface area contributed by atoms with E-state index in [4.69, 9.17) is 58.0 Å². The lowest BCUT2D eigenvalue weighted by Crippen LogP contribution is -2.36. The van der Waals surface area contributed by atoms with Gasteiger partial charge in [-0.2, -0.15) is 4.72 Å². The molecule has 2 rings (SSSR count). The number of nitrogens with one attached hydrogen (secondary N) is 1. The fourth-order valence-electron chi connectivity index (χ4n) is 1.82. The summed E-state index contributed by atoms with van der Waals surface area (Å²) in [5, 5.41) is 0.900. The van der Waals surface area contributed by atoms with Crippen molar-refractivity contribution < 1.29 is 8.42 Å². The van der Waals surface area contributed by atoms with Crippen molar-refractivity contribution in [3.63, 3.8) is 0 Å². The molecule has 0 aromatic heterocycles. The third-order valence-electron chi connectivity index (χ3n) is 2.93. The van der Waals surface area contributed by atoms with Gasteiger partial charge in [0.25, 0.3) is 0 Å². The van der Waals surface area contributed by atoms with Crippen LogP contribution in [-0.2, 0) is 10.0 Å². The quantitative estimate of drug-likeness (QED) is 0.658. The molecule has 0 aliphatic carbocycles. The Balaban J connectivity index is 2.38. The lowest BCUT2D eigenvalue weighted by atomic mass is 10.1. The molecule has 1 unspecified atom stereocenters. The number of hydrogen-bond donors (Lipinski definition) is 1. The smallest absolute Gasteiger partial charge is 0.207 e. The van der Waals surface area contributed by atoms with Crippen molar-refractivity contribution in [2.24, 2.45) is 0 Å². The van der Waals surface area contributed by atoms with E-state index in [1.165, 1.54) is 24.3 Å². The zero-order valence-electron chi connectivity index (χ0n) is 11.3. The van der Waals surface area contributed by atoms with Gasteiger partial charge in [-0.3, -0.25) is 0 Å². The Labute approximate surface area is 159 Å². The van der Waals surface area contributed by atoms with Gasteiger partial charge in [-0.05, 0) is 42.0 Å². The Bertz CT molecular complexity index is 770. The predicted octanol–water partition coefficient (Wildman–Crippen LogP) is 5.38. The second-order valence-electron chi connectivity index (χ2n) is 4.60. The zero-order valence-corrected chi connectivity index (χ0v) is 15.9. The monoisotopic (exact) mass is 431 g/mol. The van der Waals surface area contributed by atoms with E-state index >= 15 is 0 Å². The molecular weight excluding hydrogens is 423 g/mol. The van der Waals surface area contributed by atoms with Crippen LogP contribution in [0.25, 0.3) is 0 Å². The molecule has 1 atom stereocenters. The molecule has 0 bridgehead atoms. The molecule has 1 N–H and O–H groups in total. The molecule has 23 heavy (non-hydrogen) atoms. The molecular formula is C14H10Cl5NO2S. The summed E-state index contributed by atoms with van der Waals surface area (Å²) in [6, 6.07) is 10.9. The first-order chi connectivity index (χ1) is 10.6. The van der Waals surface area contributed by atoms with Gasteiger partial charge in [0, 0.05) is 10.0 Å². The Morgan fingerprint density at radius 3 is 1.70 bits per heavy atom. The fraction of sp³-hybridized carbons (Fsp3) is 0.143. The van der Waals surface area contributed by atoms with E-state index in [1.54, 1.807) is 24.3 Å². The summed E-state index contributed by atoms with van der Waals surface area (Å²) < 4.78 is 25.5. The van der Waals surface area contributed by atoms with Crippen LogP contribution in [0.2, 0.25) is 10.0 Å². The van der Waals surface area contributed by atoms with Crippen LogP contribution in [0.15, 0.2) is 53.4 Å². The topological polar surface area (TPSA) is 46.2 Å². The number of benzene rings is 2. The van der Waals surface area contributed by atoms with E-state index in [1.807, 2.05) is 0 Å². The van der Waals surface area contributed by atoms with E-state index in [2.05, 4.69) is 4.72 Å². The Kier molecular flexibility index (Phi) is 6.12. The van der Waals surface area contributed by atoms with Gasteiger partial charge in [0.2, 0.25) is 13.8 Å². The van der Waals surface area contributed by atoms with Crippen molar-refractivity contribution in [3.05, 3.63) is 64.1 Å². The summed E-state index contributed by atoms with van der Waals surface area (Å²) >= 11 is 29.4. The molecule has 2 aromatic rings. The van der Waals surface area contributed by atoms with Gasteiger partial charge in [0.15, 0.2) is 0 Å². The van der Waals surface area contributed by atoms with Crippen LogP contribution < -0.4 is 4.72 Å². The van der Waals surface area contributed by atoms with E-state index < -0.39 is 19.9 Å². The predicted molar refractivity (Wildman–Crippen MR) is 96.3 cm³/mol. The lowest BCUT2D eigenvalue weighted by molar-refractivity contribution is 0.558. The molecule has 2 aromatic carbocycles. The largest absolute Gasteiger partial charge is 0.241 e. The van der Waals surface area contributed by atoms with Crippen LogP contribution in [0.1, 0.15) is 11.6 Å². The highest BCUT2D eigenvalue weighted by Crippen LogP contribution is 2.41. The molecule has 0 saturated carbocycles. The first-order valence-electron chi connectivity index (χ1n) is 6.20. The zero-order chi connectivity index (χ0) is 17.3. The number of rotatable bonds is 4. The highest BCUT2D eigenvalue weighted by molar-refractivity contribution is 7.89. The van der Waals surface area contributed by atoms with Gasteiger partial charge in [-0.1, -0.05) is 70.1 Å². The molecule has 0 fully saturated rings. The molecule has 9 heteroatoms. The van der Waals surface area contributed by atoms with Crippen LogP contribution >= 0.6 is 58.0 Å². The van der Waals surface area contributed by atoms with Gasteiger partial charge >= 0.3 is 0 Å². The Morgan fingerprint density at radius 2 is 1.26 bits per heavy atom. The van der Waals surface area contributed by atoms with Gasteiger partial charge in [-0.25, -0.2) is 8.42 Å². The van der Waals surface area contributed by atoms with Crippen molar-refractivity contribution in [2.75, 3.05) is 0 Å². The highest BCUT2D eigenvalue weighted by atomic mass is 35.6. The maximum atomic E-state index is 12.5. The van der Waals surface area contributed by atoms with Crippen LogP contribution in [0, 0.1) is 0 Å². The SMILES string of the molecule is O=S(=O)(NC(c1ccc(Cl)cc1)C(Cl)(Cl)Cl)c1ccc(Cl)cc1. The summed E-state index contributed by atoms with van der Waals surface area (Å²) in [7, 11) is -3.91. The standard InChI is InChI=1S/C14H10Cl5NO2S/c15-10-3-1-9(2-4-10)13(14(17,18)19)20-23(21,22)12-7-5-11(16)6-8-12/h1-8,13,20H. The first kappa shape index (κ1) is 19.1. The van der Waals surface area contributed by atoms with Crippen LogP contribution in [0.5, 0.6) is 0 Å². The molecule has 0 saturated heterocycles. The molecule has 0 spiro atoms. The fourth-order valence-corrected chi connectivity index (χ4v) is 4.06. The summed E-state index contributed by atoms with van der Waals surface area (Å²) in [5.41, 5.74) is 0.465. The van der Waals surface area contributed by atoms with Gasteiger partial charge in [0.1, 0.15) is 0 Å². The molecule has 0 aliphatic heterocycles. The third-order valence-corrected chi connectivity index (χ3v) is 5.52. The number of halogens is 5. The number of hydrogen-bond acceptors (Lipinski definition) is 2. The summed E-state index contributed by atoms with van der Waals surface area (Å²) in [4.78, 5) is 0.00936. The van der Waals surface area contributed by atoms with Crippen LogP contribution in [0.3, 0.4) is 0 Å². The van der Waals surface area contributed by atoms with Gasteiger partial charge in [0.05, 0.1) is 10.9 Å². The Hall–Kier alpha value is -0.200. The second kappa shape index (κ2) is 7.36. The minimum absolute atomic E-state index is 0.00936. The molecule has 0 aliphatic rings. The molecule has 0 radical (unpaired) electrons. The van der Waals surface area contributed by atoms with Gasteiger partial charge in [-0.15, -0.1) is 0 Å².